The van der Waals surface area contributed by atoms with Gasteiger partial charge in [0, 0.05) is 6.54 Å². The second-order valence-electron chi connectivity index (χ2n) is 4.36. The van der Waals surface area contributed by atoms with Gasteiger partial charge in [-0.15, -0.1) is 0 Å². The summed E-state index contributed by atoms with van der Waals surface area (Å²) in [4.78, 5) is 12.0. The molecule has 2 N–H and O–H groups in total. The Morgan fingerprint density at radius 2 is 2.29 bits per heavy atom. The lowest BCUT2D eigenvalue weighted by Crippen LogP contribution is -2.27. The van der Waals surface area contributed by atoms with Gasteiger partial charge in [0.1, 0.15) is 5.82 Å². The molecule has 5 heteroatoms. The van der Waals surface area contributed by atoms with E-state index in [-0.39, 0.29) is 16.8 Å². The highest BCUT2D eigenvalue weighted by molar-refractivity contribution is 6.33. The van der Waals surface area contributed by atoms with Gasteiger partial charge in [0.15, 0.2) is 0 Å². The highest BCUT2D eigenvalue weighted by Crippen LogP contribution is 2.24. The Labute approximate surface area is 104 Å². The third-order valence-electron chi connectivity index (χ3n) is 3.04. The summed E-state index contributed by atoms with van der Waals surface area (Å²) in [6.07, 6.45) is 0. The number of benzene rings is 1. The van der Waals surface area contributed by atoms with E-state index in [2.05, 4.69) is 10.6 Å². The van der Waals surface area contributed by atoms with Gasteiger partial charge in [-0.25, -0.2) is 4.39 Å². The number of amides is 1. The summed E-state index contributed by atoms with van der Waals surface area (Å²) in [5.41, 5.74) is 0.456. The Morgan fingerprint density at radius 3 is 2.88 bits per heavy atom. The van der Waals surface area contributed by atoms with Gasteiger partial charge < -0.3 is 10.6 Å². The molecular formula is C12H14ClFN2O. The van der Waals surface area contributed by atoms with Gasteiger partial charge in [0.05, 0.1) is 16.6 Å². The SMILES string of the molecule is C[C@@H]1CNC[C@H]1C(=O)Nc1ccc(F)cc1Cl. The van der Waals surface area contributed by atoms with Gasteiger partial charge in [0.25, 0.3) is 0 Å². The summed E-state index contributed by atoms with van der Waals surface area (Å²) < 4.78 is 12.8. The molecule has 0 aromatic heterocycles. The zero-order valence-electron chi connectivity index (χ0n) is 9.47. The molecule has 1 heterocycles. The van der Waals surface area contributed by atoms with Crippen molar-refractivity contribution in [2.45, 2.75) is 6.92 Å². The number of hydrogen-bond donors (Lipinski definition) is 2. The van der Waals surface area contributed by atoms with Crippen LogP contribution in [0.2, 0.25) is 5.02 Å². The second-order valence-corrected chi connectivity index (χ2v) is 4.76. The summed E-state index contributed by atoms with van der Waals surface area (Å²) in [6.45, 7) is 3.54. The fraction of sp³-hybridized carbons (Fsp3) is 0.417. The molecule has 0 spiro atoms. The predicted molar refractivity (Wildman–Crippen MR) is 65.6 cm³/mol. The van der Waals surface area contributed by atoms with Gasteiger partial charge >= 0.3 is 0 Å². The average molecular weight is 257 g/mol. The summed E-state index contributed by atoms with van der Waals surface area (Å²) in [5, 5.41) is 6.11. The molecule has 17 heavy (non-hydrogen) atoms. The van der Waals surface area contributed by atoms with Gasteiger partial charge in [-0.1, -0.05) is 18.5 Å². The summed E-state index contributed by atoms with van der Waals surface area (Å²) in [6, 6.07) is 3.94. The average Bonchev–Trinajstić information content (AvgIpc) is 2.68. The van der Waals surface area contributed by atoms with Crippen LogP contribution in [0.15, 0.2) is 18.2 Å². The number of nitrogens with one attached hydrogen (secondary N) is 2. The Balaban J connectivity index is 2.07. The Hall–Kier alpha value is -1.13. The first kappa shape index (κ1) is 12.3. The van der Waals surface area contributed by atoms with Crippen LogP contribution >= 0.6 is 11.6 Å². The van der Waals surface area contributed by atoms with E-state index in [1.54, 1.807) is 0 Å². The molecule has 0 saturated carbocycles. The molecule has 0 bridgehead atoms. The van der Waals surface area contributed by atoms with Gasteiger partial charge in [0.2, 0.25) is 5.91 Å². The molecule has 1 aromatic carbocycles. The standard InChI is InChI=1S/C12H14ClFN2O/c1-7-5-15-6-9(7)12(17)16-11-3-2-8(14)4-10(11)13/h2-4,7,9,15H,5-6H2,1H3,(H,16,17)/t7-,9-/m1/s1. The van der Waals surface area contributed by atoms with Crippen LogP contribution in [-0.4, -0.2) is 19.0 Å². The van der Waals surface area contributed by atoms with Crippen LogP contribution in [0.4, 0.5) is 10.1 Å². The van der Waals surface area contributed by atoms with Gasteiger partial charge in [-0.2, -0.15) is 0 Å². The largest absolute Gasteiger partial charge is 0.324 e. The van der Waals surface area contributed by atoms with Crippen molar-refractivity contribution in [3.63, 3.8) is 0 Å². The highest BCUT2D eigenvalue weighted by atomic mass is 35.5. The van der Waals surface area contributed by atoms with Crippen LogP contribution in [0, 0.1) is 17.7 Å². The molecule has 2 atom stereocenters. The molecule has 1 fully saturated rings. The summed E-state index contributed by atoms with van der Waals surface area (Å²) >= 11 is 5.85. The highest BCUT2D eigenvalue weighted by Gasteiger charge is 2.29. The van der Waals surface area contributed by atoms with Crippen LogP contribution < -0.4 is 10.6 Å². The number of anilines is 1. The zero-order chi connectivity index (χ0) is 12.4. The van der Waals surface area contributed by atoms with E-state index in [1.165, 1.54) is 18.2 Å². The first-order chi connectivity index (χ1) is 8.08. The van der Waals surface area contributed by atoms with E-state index in [0.29, 0.717) is 18.2 Å². The molecular weight excluding hydrogens is 243 g/mol. The molecule has 0 aliphatic carbocycles. The first-order valence-electron chi connectivity index (χ1n) is 5.54. The van der Waals surface area contributed by atoms with Crippen molar-refractivity contribution in [1.82, 2.24) is 5.32 Å². The number of halogens is 2. The van der Waals surface area contributed by atoms with Crippen molar-refractivity contribution in [3.05, 3.63) is 29.0 Å². The summed E-state index contributed by atoms with van der Waals surface area (Å²) in [7, 11) is 0. The molecule has 1 amide bonds. The summed E-state index contributed by atoms with van der Waals surface area (Å²) in [5.74, 6) is -0.245. The molecule has 3 nitrogen and oxygen atoms in total. The lowest BCUT2D eigenvalue weighted by atomic mass is 9.97. The monoisotopic (exact) mass is 256 g/mol. The van der Waals surface area contributed by atoms with E-state index >= 15 is 0 Å². The van der Waals surface area contributed by atoms with Crippen molar-refractivity contribution in [2.75, 3.05) is 18.4 Å². The van der Waals surface area contributed by atoms with Crippen LogP contribution in [0.5, 0.6) is 0 Å². The molecule has 1 aliphatic heterocycles. The fourth-order valence-electron chi connectivity index (χ4n) is 1.98. The normalized spacial score (nSPS) is 23.7. The predicted octanol–water partition coefficient (Wildman–Crippen LogP) is 2.27. The van der Waals surface area contributed by atoms with E-state index in [4.69, 9.17) is 11.6 Å². The van der Waals surface area contributed by atoms with Crippen LogP contribution in [0.1, 0.15) is 6.92 Å². The van der Waals surface area contributed by atoms with Gasteiger partial charge in [-0.3, -0.25) is 4.79 Å². The minimum absolute atomic E-state index is 0.0591. The quantitative estimate of drug-likeness (QED) is 0.852. The van der Waals surface area contributed by atoms with Crippen molar-refractivity contribution in [2.24, 2.45) is 11.8 Å². The van der Waals surface area contributed by atoms with E-state index in [0.717, 1.165) is 6.54 Å². The number of hydrogen-bond acceptors (Lipinski definition) is 2. The van der Waals surface area contributed by atoms with Crippen LogP contribution in [0.25, 0.3) is 0 Å². The van der Waals surface area contributed by atoms with Crippen molar-refractivity contribution >= 4 is 23.2 Å². The first-order valence-corrected chi connectivity index (χ1v) is 5.92. The molecule has 0 radical (unpaired) electrons. The van der Waals surface area contributed by atoms with Gasteiger partial charge in [-0.05, 0) is 30.7 Å². The maximum Gasteiger partial charge on any atom is 0.229 e. The third-order valence-corrected chi connectivity index (χ3v) is 3.36. The lowest BCUT2D eigenvalue weighted by Gasteiger charge is -2.14. The third kappa shape index (κ3) is 2.76. The second kappa shape index (κ2) is 5.02. The Kier molecular flexibility index (Phi) is 3.64. The molecule has 0 unspecified atom stereocenters. The maximum absolute atomic E-state index is 12.8. The topological polar surface area (TPSA) is 41.1 Å². The Morgan fingerprint density at radius 1 is 1.53 bits per heavy atom. The minimum atomic E-state index is -0.413. The van der Waals surface area contributed by atoms with Crippen molar-refractivity contribution < 1.29 is 9.18 Å². The van der Waals surface area contributed by atoms with E-state index in [1.807, 2.05) is 6.92 Å². The van der Waals surface area contributed by atoms with E-state index < -0.39 is 5.82 Å². The molecule has 2 rings (SSSR count). The molecule has 1 aromatic rings. The number of carbonyl (C=O) groups is 1. The molecule has 1 saturated heterocycles. The maximum atomic E-state index is 12.8. The smallest absolute Gasteiger partial charge is 0.229 e. The molecule has 1 aliphatic rings. The van der Waals surface area contributed by atoms with Crippen molar-refractivity contribution in [3.8, 4) is 0 Å². The zero-order valence-corrected chi connectivity index (χ0v) is 10.2. The van der Waals surface area contributed by atoms with E-state index in [9.17, 15) is 9.18 Å². The minimum Gasteiger partial charge on any atom is -0.324 e. The Bertz CT molecular complexity index is 439. The number of carbonyl (C=O) groups excluding carboxylic acids is 1. The molecule has 92 valence electrons. The lowest BCUT2D eigenvalue weighted by molar-refractivity contribution is -0.120. The van der Waals surface area contributed by atoms with Crippen molar-refractivity contribution in [1.29, 1.82) is 0 Å². The number of rotatable bonds is 2. The van der Waals surface area contributed by atoms with Crippen LogP contribution in [-0.2, 0) is 4.79 Å². The fourth-order valence-corrected chi connectivity index (χ4v) is 2.19. The van der Waals surface area contributed by atoms with Crippen LogP contribution in [0.3, 0.4) is 0 Å².